The maximum atomic E-state index is 11.4. The topological polar surface area (TPSA) is 38.3 Å². The summed E-state index contributed by atoms with van der Waals surface area (Å²) >= 11 is 0. The van der Waals surface area contributed by atoms with E-state index in [0.29, 0.717) is 19.1 Å². The Morgan fingerprint density at radius 2 is 2.00 bits per heavy atom. The molecule has 1 amide bonds. The first-order valence-electron chi connectivity index (χ1n) is 5.50. The van der Waals surface area contributed by atoms with Crippen LogP contribution in [0.5, 0.6) is 0 Å². The first kappa shape index (κ1) is 11.5. The molecular weight excluding hydrogens is 178 g/mol. The second kappa shape index (κ2) is 6.02. The minimum Gasteiger partial charge on any atom is -0.384 e. The molecule has 1 saturated carbocycles. The van der Waals surface area contributed by atoms with Gasteiger partial charge < -0.3 is 10.1 Å². The Morgan fingerprint density at radius 3 is 2.57 bits per heavy atom. The van der Waals surface area contributed by atoms with Crippen LogP contribution < -0.4 is 5.32 Å². The Kier molecular flexibility index (Phi) is 4.94. The van der Waals surface area contributed by atoms with Gasteiger partial charge in [0.2, 0.25) is 5.91 Å². The third-order valence-electron chi connectivity index (χ3n) is 2.91. The van der Waals surface area contributed by atoms with E-state index in [0.717, 1.165) is 18.8 Å². The van der Waals surface area contributed by atoms with Crippen LogP contribution in [0.15, 0.2) is 0 Å². The average molecular weight is 199 g/mol. The molecule has 0 radical (unpaired) electrons. The Hall–Kier alpha value is -0.570. The quantitative estimate of drug-likeness (QED) is 0.748. The lowest BCUT2D eigenvalue weighted by molar-refractivity contribution is -0.122. The normalized spacial score (nSPS) is 27.3. The highest BCUT2D eigenvalue weighted by Gasteiger charge is 2.19. The van der Waals surface area contributed by atoms with E-state index in [-0.39, 0.29) is 5.91 Å². The summed E-state index contributed by atoms with van der Waals surface area (Å²) in [6.07, 6.45) is 5.26. The molecule has 0 atom stereocenters. The molecule has 1 aliphatic rings. The molecule has 0 aromatic heterocycles. The van der Waals surface area contributed by atoms with Crippen molar-refractivity contribution in [3.8, 4) is 0 Å². The first-order chi connectivity index (χ1) is 6.72. The van der Waals surface area contributed by atoms with Crippen LogP contribution in [0.1, 0.15) is 39.0 Å². The molecule has 3 heteroatoms. The summed E-state index contributed by atoms with van der Waals surface area (Å²) in [5.41, 5.74) is 0. The van der Waals surface area contributed by atoms with Gasteiger partial charge >= 0.3 is 0 Å². The van der Waals surface area contributed by atoms with Crippen LogP contribution >= 0.6 is 0 Å². The number of hydrogen-bond acceptors (Lipinski definition) is 2. The fraction of sp³-hybridized carbons (Fsp3) is 0.909. The number of amides is 1. The van der Waals surface area contributed by atoms with Crippen LogP contribution in [0.25, 0.3) is 0 Å². The third kappa shape index (κ3) is 4.09. The van der Waals surface area contributed by atoms with Crippen LogP contribution in [0.4, 0.5) is 0 Å². The third-order valence-corrected chi connectivity index (χ3v) is 2.91. The smallest absolute Gasteiger partial charge is 0.222 e. The van der Waals surface area contributed by atoms with Crippen LogP contribution in [0, 0.1) is 5.92 Å². The molecule has 0 unspecified atom stereocenters. The number of ether oxygens (including phenoxy) is 1. The van der Waals surface area contributed by atoms with Gasteiger partial charge in [-0.2, -0.15) is 0 Å². The standard InChI is InChI=1S/C11H21NO2/c1-9-3-5-10(6-4-9)12-11(13)7-8-14-2/h9-10H,3-8H2,1-2H3,(H,12,13)/t9-,10+. The molecule has 0 aliphatic heterocycles. The Labute approximate surface area is 86.2 Å². The van der Waals surface area contributed by atoms with Crippen LogP contribution in [-0.4, -0.2) is 25.7 Å². The SMILES string of the molecule is COCCC(=O)N[C@H]1CC[C@@H](C)CC1. The van der Waals surface area contributed by atoms with Crippen LogP contribution in [0.2, 0.25) is 0 Å². The molecule has 3 nitrogen and oxygen atoms in total. The van der Waals surface area contributed by atoms with Gasteiger partial charge in [-0.3, -0.25) is 4.79 Å². The van der Waals surface area contributed by atoms with Gasteiger partial charge in [-0.1, -0.05) is 6.92 Å². The number of carbonyl (C=O) groups excluding carboxylic acids is 1. The molecule has 1 rings (SSSR count). The van der Waals surface area contributed by atoms with Crippen molar-refractivity contribution in [2.75, 3.05) is 13.7 Å². The predicted octanol–water partition coefficient (Wildman–Crippen LogP) is 1.72. The number of nitrogens with one attached hydrogen (secondary N) is 1. The second-order valence-electron chi connectivity index (χ2n) is 4.27. The summed E-state index contributed by atoms with van der Waals surface area (Å²) in [5.74, 6) is 0.966. The van der Waals surface area contributed by atoms with E-state index in [4.69, 9.17) is 4.74 Å². The van der Waals surface area contributed by atoms with E-state index in [1.54, 1.807) is 7.11 Å². The van der Waals surface area contributed by atoms with E-state index < -0.39 is 0 Å². The lowest BCUT2D eigenvalue weighted by Crippen LogP contribution is -2.37. The second-order valence-corrected chi connectivity index (χ2v) is 4.27. The molecule has 0 heterocycles. The molecule has 0 bridgehead atoms. The van der Waals surface area contributed by atoms with E-state index in [2.05, 4.69) is 12.2 Å². The monoisotopic (exact) mass is 199 g/mol. The largest absolute Gasteiger partial charge is 0.384 e. The molecular formula is C11H21NO2. The van der Waals surface area contributed by atoms with Gasteiger partial charge in [0.05, 0.1) is 6.61 Å². The van der Waals surface area contributed by atoms with Crippen LogP contribution in [0.3, 0.4) is 0 Å². The van der Waals surface area contributed by atoms with E-state index in [9.17, 15) is 4.79 Å². The maximum Gasteiger partial charge on any atom is 0.222 e. The summed E-state index contributed by atoms with van der Waals surface area (Å²) in [7, 11) is 1.62. The van der Waals surface area contributed by atoms with Crippen molar-refractivity contribution in [3.05, 3.63) is 0 Å². The fourth-order valence-corrected chi connectivity index (χ4v) is 1.90. The summed E-state index contributed by atoms with van der Waals surface area (Å²) in [5, 5.41) is 3.06. The van der Waals surface area contributed by atoms with Gasteiger partial charge in [0.25, 0.3) is 0 Å². The number of hydrogen-bond donors (Lipinski definition) is 1. The number of carbonyl (C=O) groups is 1. The highest BCUT2D eigenvalue weighted by atomic mass is 16.5. The maximum absolute atomic E-state index is 11.4. The van der Waals surface area contributed by atoms with Gasteiger partial charge in [-0.15, -0.1) is 0 Å². The summed E-state index contributed by atoms with van der Waals surface area (Å²) in [6, 6.07) is 0.413. The van der Waals surface area contributed by atoms with Gasteiger partial charge in [0, 0.05) is 19.6 Å². The summed E-state index contributed by atoms with van der Waals surface area (Å²) < 4.78 is 4.86. The van der Waals surface area contributed by atoms with E-state index in [1.165, 1.54) is 12.8 Å². The highest BCUT2D eigenvalue weighted by molar-refractivity contribution is 5.76. The summed E-state index contributed by atoms with van der Waals surface area (Å²) in [4.78, 5) is 11.4. The van der Waals surface area contributed by atoms with Crippen molar-refractivity contribution in [2.24, 2.45) is 5.92 Å². The highest BCUT2D eigenvalue weighted by Crippen LogP contribution is 2.23. The minimum atomic E-state index is 0.131. The molecule has 1 fully saturated rings. The van der Waals surface area contributed by atoms with Gasteiger partial charge in [-0.25, -0.2) is 0 Å². The van der Waals surface area contributed by atoms with Crippen molar-refractivity contribution in [1.82, 2.24) is 5.32 Å². The molecule has 0 saturated heterocycles. The lowest BCUT2D eigenvalue weighted by Gasteiger charge is -2.26. The molecule has 82 valence electrons. The zero-order chi connectivity index (χ0) is 10.4. The van der Waals surface area contributed by atoms with Crippen molar-refractivity contribution >= 4 is 5.91 Å². The Balaban J connectivity index is 2.14. The van der Waals surface area contributed by atoms with Gasteiger partial charge in [0.15, 0.2) is 0 Å². The molecule has 1 N–H and O–H groups in total. The van der Waals surface area contributed by atoms with Gasteiger partial charge in [-0.05, 0) is 31.6 Å². The van der Waals surface area contributed by atoms with Crippen LogP contribution in [-0.2, 0) is 9.53 Å². The Bertz CT molecular complexity index is 174. The Morgan fingerprint density at radius 1 is 1.36 bits per heavy atom. The molecule has 1 aliphatic carbocycles. The summed E-state index contributed by atoms with van der Waals surface area (Å²) in [6.45, 7) is 2.80. The minimum absolute atomic E-state index is 0.131. The van der Waals surface area contributed by atoms with Crippen molar-refractivity contribution in [1.29, 1.82) is 0 Å². The molecule has 14 heavy (non-hydrogen) atoms. The van der Waals surface area contributed by atoms with Crippen molar-refractivity contribution in [3.63, 3.8) is 0 Å². The molecule has 0 aromatic carbocycles. The van der Waals surface area contributed by atoms with E-state index >= 15 is 0 Å². The van der Waals surface area contributed by atoms with Crippen molar-refractivity contribution < 1.29 is 9.53 Å². The molecule has 0 aromatic rings. The zero-order valence-electron chi connectivity index (χ0n) is 9.21. The average Bonchev–Trinajstić information content (AvgIpc) is 2.18. The van der Waals surface area contributed by atoms with Gasteiger partial charge in [0.1, 0.15) is 0 Å². The molecule has 0 spiro atoms. The number of rotatable bonds is 4. The van der Waals surface area contributed by atoms with E-state index in [1.807, 2.05) is 0 Å². The lowest BCUT2D eigenvalue weighted by atomic mass is 9.87. The number of methoxy groups -OCH3 is 1. The zero-order valence-corrected chi connectivity index (χ0v) is 9.21. The predicted molar refractivity (Wildman–Crippen MR) is 56.1 cm³/mol. The first-order valence-corrected chi connectivity index (χ1v) is 5.50. The van der Waals surface area contributed by atoms with Crippen molar-refractivity contribution in [2.45, 2.75) is 45.1 Å². The fourth-order valence-electron chi connectivity index (χ4n) is 1.90.